The Labute approximate surface area is 139 Å². The largest absolute Gasteiger partial charge is 0.299 e. The molecular weight excluding hydrogens is 282 g/mol. The number of hydrogen-bond acceptors (Lipinski definition) is 2. The van der Waals surface area contributed by atoms with Crippen LogP contribution in [0.3, 0.4) is 0 Å². The fourth-order valence-electron chi connectivity index (χ4n) is 3.43. The van der Waals surface area contributed by atoms with E-state index in [2.05, 4.69) is 65.6 Å². The molecule has 0 aromatic heterocycles. The molecule has 0 radical (unpaired) electrons. The van der Waals surface area contributed by atoms with Crippen molar-refractivity contribution in [3.63, 3.8) is 0 Å². The quantitative estimate of drug-likeness (QED) is 0.786. The van der Waals surface area contributed by atoms with Gasteiger partial charge in [-0.3, -0.25) is 9.69 Å². The predicted molar refractivity (Wildman–Crippen MR) is 94.0 cm³/mol. The smallest absolute Gasteiger partial charge is 0.137 e. The first-order chi connectivity index (χ1) is 11.3. The maximum Gasteiger partial charge on any atom is 0.137 e. The fourth-order valence-corrected chi connectivity index (χ4v) is 3.43. The first kappa shape index (κ1) is 15.9. The number of hydrogen-bond donors (Lipinski definition) is 0. The highest BCUT2D eigenvalue weighted by Gasteiger charge is 2.24. The molecule has 23 heavy (non-hydrogen) atoms. The maximum absolute atomic E-state index is 12.2. The number of benzene rings is 2. The van der Waals surface area contributed by atoms with Crippen LogP contribution in [-0.4, -0.2) is 17.2 Å². The van der Waals surface area contributed by atoms with E-state index in [-0.39, 0.29) is 5.92 Å². The molecule has 0 N–H and O–H groups in total. The fraction of sp³-hybridized carbons (Fsp3) is 0.381. The van der Waals surface area contributed by atoms with Crippen LogP contribution in [0.4, 0.5) is 0 Å². The van der Waals surface area contributed by atoms with Gasteiger partial charge < -0.3 is 0 Å². The van der Waals surface area contributed by atoms with Crippen molar-refractivity contribution in [2.45, 2.75) is 38.8 Å². The third kappa shape index (κ3) is 4.77. The summed E-state index contributed by atoms with van der Waals surface area (Å²) in [5, 5.41) is 0. The van der Waals surface area contributed by atoms with Gasteiger partial charge in [-0.05, 0) is 24.0 Å². The lowest BCUT2D eigenvalue weighted by Crippen LogP contribution is -2.34. The first-order valence-electron chi connectivity index (χ1n) is 8.64. The summed E-state index contributed by atoms with van der Waals surface area (Å²) in [6.07, 6.45) is 4.10. The molecule has 1 atom stereocenters. The molecule has 1 aliphatic carbocycles. The van der Waals surface area contributed by atoms with Crippen molar-refractivity contribution in [3.8, 4) is 0 Å². The average Bonchev–Trinajstić information content (AvgIpc) is 2.59. The molecule has 1 aliphatic rings. The van der Waals surface area contributed by atoms with E-state index in [1.54, 1.807) is 0 Å². The van der Waals surface area contributed by atoms with Crippen molar-refractivity contribution >= 4 is 5.78 Å². The van der Waals surface area contributed by atoms with Gasteiger partial charge in [0.25, 0.3) is 0 Å². The van der Waals surface area contributed by atoms with Gasteiger partial charge in [-0.1, -0.05) is 67.1 Å². The van der Waals surface area contributed by atoms with E-state index in [9.17, 15) is 4.79 Å². The highest BCUT2D eigenvalue weighted by atomic mass is 16.1. The maximum atomic E-state index is 12.2. The molecule has 3 rings (SSSR count). The topological polar surface area (TPSA) is 20.3 Å². The summed E-state index contributed by atoms with van der Waals surface area (Å²) in [6, 6.07) is 21.1. The number of nitrogens with zero attached hydrogens (tertiary/aromatic N) is 1. The molecule has 0 heterocycles. The van der Waals surface area contributed by atoms with Gasteiger partial charge in [0, 0.05) is 32.0 Å². The molecule has 0 bridgehead atoms. The van der Waals surface area contributed by atoms with E-state index in [4.69, 9.17) is 0 Å². The first-order valence-corrected chi connectivity index (χ1v) is 8.64. The zero-order chi connectivity index (χ0) is 15.9. The second-order valence-electron chi connectivity index (χ2n) is 6.55. The number of ketones is 1. The second kappa shape index (κ2) is 8.07. The zero-order valence-corrected chi connectivity index (χ0v) is 13.7. The molecule has 0 spiro atoms. The Hall–Kier alpha value is -1.93. The lowest BCUT2D eigenvalue weighted by molar-refractivity contribution is -0.125. The molecule has 1 saturated carbocycles. The molecule has 1 unspecified atom stereocenters. The summed E-state index contributed by atoms with van der Waals surface area (Å²) in [4.78, 5) is 14.6. The van der Waals surface area contributed by atoms with Crippen LogP contribution in [0.5, 0.6) is 0 Å². The normalized spacial score (nSPS) is 18.3. The van der Waals surface area contributed by atoms with E-state index in [0.717, 1.165) is 38.9 Å². The minimum absolute atomic E-state index is 0.219. The van der Waals surface area contributed by atoms with Gasteiger partial charge in [-0.25, -0.2) is 0 Å². The molecule has 0 saturated heterocycles. The molecule has 0 amide bonds. The van der Waals surface area contributed by atoms with Gasteiger partial charge in [0.1, 0.15) is 5.78 Å². The van der Waals surface area contributed by atoms with Crippen molar-refractivity contribution in [1.82, 2.24) is 4.90 Å². The summed E-state index contributed by atoms with van der Waals surface area (Å²) in [6.45, 7) is 2.68. The molecule has 120 valence electrons. The molecule has 1 fully saturated rings. The van der Waals surface area contributed by atoms with Crippen LogP contribution in [0, 0.1) is 5.92 Å². The summed E-state index contributed by atoms with van der Waals surface area (Å²) in [5.41, 5.74) is 2.62. The van der Waals surface area contributed by atoms with E-state index < -0.39 is 0 Å². The van der Waals surface area contributed by atoms with Gasteiger partial charge in [-0.15, -0.1) is 0 Å². The molecular formula is C21H25NO. The molecule has 2 aromatic rings. The van der Waals surface area contributed by atoms with Crippen LogP contribution in [0.15, 0.2) is 60.7 Å². The number of carbonyl (C=O) groups excluding carboxylic acids is 1. The Morgan fingerprint density at radius 2 is 1.39 bits per heavy atom. The molecule has 2 heteroatoms. The Morgan fingerprint density at radius 1 is 0.826 bits per heavy atom. The van der Waals surface area contributed by atoms with Crippen LogP contribution in [0.2, 0.25) is 0 Å². The van der Waals surface area contributed by atoms with Gasteiger partial charge in [0.2, 0.25) is 0 Å². The monoisotopic (exact) mass is 307 g/mol. The number of rotatable bonds is 6. The highest BCUT2D eigenvalue weighted by molar-refractivity contribution is 5.81. The highest BCUT2D eigenvalue weighted by Crippen LogP contribution is 2.23. The zero-order valence-electron chi connectivity index (χ0n) is 13.7. The Balaban J connectivity index is 1.71. The van der Waals surface area contributed by atoms with Crippen molar-refractivity contribution < 1.29 is 4.79 Å². The Morgan fingerprint density at radius 3 is 1.91 bits per heavy atom. The van der Waals surface area contributed by atoms with Crippen molar-refractivity contribution in [2.75, 3.05) is 6.54 Å². The van der Waals surface area contributed by atoms with Gasteiger partial charge in [0.05, 0.1) is 0 Å². The Kier molecular flexibility index (Phi) is 5.60. The van der Waals surface area contributed by atoms with Gasteiger partial charge in [-0.2, -0.15) is 0 Å². The van der Waals surface area contributed by atoms with Crippen molar-refractivity contribution in [2.24, 2.45) is 5.92 Å². The Bertz CT molecular complexity index is 567. The minimum Gasteiger partial charge on any atom is -0.299 e. The third-order valence-electron chi connectivity index (χ3n) is 4.66. The van der Waals surface area contributed by atoms with E-state index >= 15 is 0 Å². The van der Waals surface area contributed by atoms with Crippen LogP contribution in [0.25, 0.3) is 0 Å². The standard InChI is InChI=1S/C21H25NO/c23-21-14-8-7-13-20(21)17-22(15-18-9-3-1-4-10-18)16-19-11-5-2-6-12-19/h1-6,9-12,20H,7-8,13-17H2. The summed E-state index contributed by atoms with van der Waals surface area (Å²) in [5.74, 6) is 0.679. The third-order valence-corrected chi connectivity index (χ3v) is 4.66. The van der Waals surface area contributed by atoms with E-state index in [0.29, 0.717) is 5.78 Å². The molecule has 2 aromatic carbocycles. The predicted octanol–water partition coefficient (Wildman–Crippen LogP) is 4.45. The summed E-state index contributed by atoms with van der Waals surface area (Å²) < 4.78 is 0. The second-order valence-corrected chi connectivity index (χ2v) is 6.55. The van der Waals surface area contributed by atoms with Crippen LogP contribution in [-0.2, 0) is 17.9 Å². The SMILES string of the molecule is O=C1CCCCC1CN(Cc1ccccc1)Cc1ccccc1. The van der Waals surface area contributed by atoms with Crippen molar-refractivity contribution in [1.29, 1.82) is 0 Å². The minimum atomic E-state index is 0.219. The average molecular weight is 307 g/mol. The summed E-state index contributed by atoms with van der Waals surface area (Å²) in [7, 11) is 0. The van der Waals surface area contributed by atoms with Crippen LogP contribution in [0.1, 0.15) is 36.8 Å². The van der Waals surface area contributed by atoms with Crippen molar-refractivity contribution in [3.05, 3.63) is 71.8 Å². The molecule has 2 nitrogen and oxygen atoms in total. The van der Waals surface area contributed by atoms with E-state index in [1.807, 2.05) is 0 Å². The number of Topliss-reactive ketones (excluding diaryl/α,β-unsaturated/α-hetero) is 1. The van der Waals surface area contributed by atoms with Crippen LogP contribution < -0.4 is 0 Å². The van der Waals surface area contributed by atoms with E-state index in [1.165, 1.54) is 17.5 Å². The lowest BCUT2D eigenvalue weighted by Gasteiger charge is -2.29. The molecule has 0 aliphatic heterocycles. The lowest BCUT2D eigenvalue weighted by atomic mass is 9.87. The summed E-state index contributed by atoms with van der Waals surface area (Å²) >= 11 is 0. The van der Waals surface area contributed by atoms with Gasteiger partial charge >= 0.3 is 0 Å². The van der Waals surface area contributed by atoms with Gasteiger partial charge in [0.15, 0.2) is 0 Å². The number of carbonyl (C=O) groups is 1. The van der Waals surface area contributed by atoms with Crippen LogP contribution >= 0.6 is 0 Å².